The lowest BCUT2D eigenvalue weighted by Crippen LogP contribution is -2.31. The summed E-state index contributed by atoms with van der Waals surface area (Å²) in [5, 5.41) is 7.36. The predicted molar refractivity (Wildman–Crippen MR) is 66.2 cm³/mol. The predicted octanol–water partition coefficient (Wildman–Crippen LogP) is 0.322. The largest absolute Gasteiger partial charge is 0.351 e. The number of nitrogens with two attached hydrogens (primary N) is 1. The number of hydrogen-bond acceptors (Lipinski definition) is 3. The summed E-state index contributed by atoms with van der Waals surface area (Å²) in [5.74, 6) is -0.543. The molecule has 1 aromatic carbocycles. The van der Waals surface area contributed by atoms with E-state index in [4.69, 9.17) is 5.14 Å². The molecule has 1 amide bonds. The van der Waals surface area contributed by atoms with Crippen molar-refractivity contribution in [2.75, 3.05) is 12.3 Å². The summed E-state index contributed by atoms with van der Waals surface area (Å²) in [4.78, 5) is 11.8. The number of carbonyl (C=O) groups excluding carboxylic acids is 1. The molecule has 0 atom stereocenters. The highest BCUT2D eigenvalue weighted by Gasteiger charge is 2.10. The van der Waals surface area contributed by atoms with E-state index in [9.17, 15) is 13.2 Å². The lowest BCUT2D eigenvalue weighted by molar-refractivity contribution is 0.0955. The molecule has 0 aromatic heterocycles. The number of amides is 1. The van der Waals surface area contributed by atoms with Crippen molar-refractivity contribution in [2.24, 2.45) is 5.14 Å². The number of aryl methyl sites for hydroxylation is 2. The second-order valence-corrected chi connectivity index (χ2v) is 5.68. The number of sulfonamides is 1. The Labute approximate surface area is 101 Å². The number of rotatable bonds is 4. The Hall–Kier alpha value is -1.40. The van der Waals surface area contributed by atoms with Crippen LogP contribution < -0.4 is 10.5 Å². The molecule has 0 saturated heterocycles. The second-order valence-electron chi connectivity index (χ2n) is 3.94. The van der Waals surface area contributed by atoms with Crippen LogP contribution in [0.25, 0.3) is 0 Å². The summed E-state index contributed by atoms with van der Waals surface area (Å²) in [6, 6.07) is 5.53. The van der Waals surface area contributed by atoms with E-state index in [1.165, 1.54) is 0 Å². The third kappa shape index (κ3) is 4.54. The fourth-order valence-corrected chi connectivity index (χ4v) is 1.77. The highest BCUT2D eigenvalue weighted by Crippen LogP contribution is 2.10. The minimum atomic E-state index is -3.53. The van der Waals surface area contributed by atoms with Gasteiger partial charge in [0.25, 0.3) is 5.91 Å². The van der Waals surface area contributed by atoms with Gasteiger partial charge in [0.15, 0.2) is 0 Å². The first-order valence-corrected chi connectivity index (χ1v) is 6.87. The van der Waals surface area contributed by atoms with Gasteiger partial charge in [-0.05, 0) is 25.5 Å². The van der Waals surface area contributed by atoms with Gasteiger partial charge in [0.2, 0.25) is 10.0 Å². The van der Waals surface area contributed by atoms with Gasteiger partial charge in [-0.25, -0.2) is 13.6 Å². The number of carbonyl (C=O) groups is 1. The van der Waals surface area contributed by atoms with Crippen LogP contribution in [0.2, 0.25) is 0 Å². The fourth-order valence-electron chi connectivity index (χ4n) is 1.38. The smallest absolute Gasteiger partial charge is 0.251 e. The molecule has 1 rings (SSSR count). The summed E-state index contributed by atoms with van der Waals surface area (Å²) in [5.41, 5.74) is 2.38. The van der Waals surface area contributed by atoms with Crippen molar-refractivity contribution >= 4 is 15.9 Å². The average Bonchev–Trinajstić information content (AvgIpc) is 2.19. The molecule has 0 fully saturated rings. The van der Waals surface area contributed by atoms with E-state index in [0.717, 1.165) is 11.1 Å². The molecule has 0 spiro atoms. The summed E-state index contributed by atoms with van der Waals surface area (Å²) < 4.78 is 21.4. The molecule has 0 saturated carbocycles. The van der Waals surface area contributed by atoms with Crippen LogP contribution >= 0.6 is 0 Å². The molecule has 0 unspecified atom stereocenters. The van der Waals surface area contributed by atoms with Gasteiger partial charge in [0.1, 0.15) is 0 Å². The quantitative estimate of drug-likeness (QED) is 0.813. The zero-order chi connectivity index (χ0) is 13.1. The Morgan fingerprint density at radius 1 is 1.35 bits per heavy atom. The van der Waals surface area contributed by atoms with E-state index in [1.807, 2.05) is 26.0 Å². The molecule has 94 valence electrons. The molecule has 1 aromatic rings. The number of benzene rings is 1. The second kappa shape index (κ2) is 5.29. The maximum atomic E-state index is 11.8. The van der Waals surface area contributed by atoms with Crippen LogP contribution in [0.1, 0.15) is 21.5 Å². The van der Waals surface area contributed by atoms with Crippen LogP contribution in [-0.4, -0.2) is 26.6 Å². The topological polar surface area (TPSA) is 89.3 Å². The third-order valence-electron chi connectivity index (χ3n) is 2.31. The van der Waals surface area contributed by atoms with Crippen LogP contribution in [0.5, 0.6) is 0 Å². The van der Waals surface area contributed by atoms with Gasteiger partial charge >= 0.3 is 0 Å². The molecule has 0 radical (unpaired) electrons. The van der Waals surface area contributed by atoms with Crippen LogP contribution in [0.3, 0.4) is 0 Å². The van der Waals surface area contributed by atoms with E-state index in [2.05, 4.69) is 5.32 Å². The van der Waals surface area contributed by atoms with Crippen molar-refractivity contribution in [1.82, 2.24) is 5.32 Å². The van der Waals surface area contributed by atoms with Crippen molar-refractivity contribution in [3.63, 3.8) is 0 Å². The molecule has 3 N–H and O–H groups in total. The zero-order valence-corrected chi connectivity index (χ0v) is 10.7. The van der Waals surface area contributed by atoms with E-state index in [-0.39, 0.29) is 18.2 Å². The highest BCUT2D eigenvalue weighted by atomic mass is 32.2. The normalized spacial score (nSPS) is 11.2. The molecule has 0 heterocycles. The first-order valence-electron chi connectivity index (χ1n) is 5.15. The molecule has 17 heavy (non-hydrogen) atoms. The highest BCUT2D eigenvalue weighted by molar-refractivity contribution is 7.89. The van der Waals surface area contributed by atoms with Gasteiger partial charge in [-0.15, -0.1) is 0 Å². The van der Waals surface area contributed by atoms with Gasteiger partial charge in [-0.3, -0.25) is 4.79 Å². The molecular formula is C11H16N2O3S. The number of primary sulfonamides is 1. The molecule has 0 aliphatic carbocycles. The first-order chi connectivity index (χ1) is 7.79. The van der Waals surface area contributed by atoms with Crippen molar-refractivity contribution in [2.45, 2.75) is 13.8 Å². The van der Waals surface area contributed by atoms with Crippen LogP contribution in [0, 0.1) is 13.8 Å². The van der Waals surface area contributed by atoms with Crippen LogP contribution in [-0.2, 0) is 10.0 Å². The van der Waals surface area contributed by atoms with Gasteiger partial charge in [0, 0.05) is 12.1 Å². The van der Waals surface area contributed by atoms with Crippen LogP contribution in [0.4, 0.5) is 0 Å². The molecule has 0 aliphatic heterocycles. The van der Waals surface area contributed by atoms with E-state index >= 15 is 0 Å². The summed E-state index contributed by atoms with van der Waals surface area (Å²) in [6.07, 6.45) is 0. The maximum absolute atomic E-state index is 11.8. The number of nitrogens with one attached hydrogen (secondary N) is 1. The first kappa shape index (κ1) is 13.7. The van der Waals surface area contributed by atoms with E-state index in [0.29, 0.717) is 5.56 Å². The van der Waals surface area contributed by atoms with Gasteiger partial charge < -0.3 is 5.32 Å². The van der Waals surface area contributed by atoms with Crippen molar-refractivity contribution in [3.8, 4) is 0 Å². The monoisotopic (exact) mass is 256 g/mol. The fraction of sp³-hybridized carbons (Fsp3) is 0.364. The molecule has 6 heteroatoms. The lowest BCUT2D eigenvalue weighted by Gasteiger charge is -2.07. The van der Waals surface area contributed by atoms with Crippen molar-refractivity contribution < 1.29 is 13.2 Å². The summed E-state index contributed by atoms with van der Waals surface area (Å²) >= 11 is 0. The lowest BCUT2D eigenvalue weighted by atomic mass is 10.1. The Morgan fingerprint density at radius 3 is 2.59 bits per heavy atom. The van der Waals surface area contributed by atoms with Gasteiger partial charge in [-0.1, -0.05) is 17.7 Å². The molecule has 5 nitrogen and oxygen atoms in total. The van der Waals surface area contributed by atoms with Gasteiger partial charge in [0.05, 0.1) is 5.75 Å². The SMILES string of the molecule is Cc1ccc(C)c(C(=O)NCCS(N)(=O)=O)c1. The Morgan fingerprint density at radius 2 is 2.00 bits per heavy atom. The minimum Gasteiger partial charge on any atom is -0.351 e. The zero-order valence-electron chi connectivity index (χ0n) is 9.86. The maximum Gasteiger partial charge on any atom is 0.251 e. The summed E-state index contributed by atoms with van der Waals surface area (Å²) in [6.45, 7) is 3.74. The molecule has 0 aliphatic rings. The standard InChI is InChI=1S/C11H16N2O3S/c1-8-3-4-9(2)10(7-8)11(14)13-5-6-17(12,15)16/h3-4,7H,5-6H2,1-2H3,(H,13,14)(H2,12,15,16). The minimum absolute atomic E-state index is 0.0189. The Bertz CT molecular complexity index is 524. The van der Waals surface area contributed by atoms with Gasteiger partial charge in [-0.2, -0.15) is 0 Å². The Kier molecular flexibility index (Phi) is 4.25. The van der Waals surface area contributed by atoms with E-state index < -0.39 is 10.0 Å². The van der Waals surface area contributed by atoms with E-state index in [1.54, 1.807) is 6.07 Å². The third-order valence-corrected chi connectivity index (χ3v) is 3.08. The average molecular weight is 256 g/mol. The molecular weight excluding hydrogens is 240 g/mol. The summed E-state index contributed by atoms with van der Waals surface area (Å²) in [7, 11) is -3.53. The van der Waals surface area contributed by atoms with Crippen LogP contribution in [0.15, 0.2) is 18.2 Å². The molecule has 0 bridgehead atoms. The van der Waals surface area contributed by atoms with Crippen molar-refractivity contribution in [1.29, 1.82) is 0 Å². The number of hydrogen-bond donors (Lipinski definition) is 2. The Balaban J connectivity index is 2.67. The van der Waals surface area contributed by atoms with Crippen molar-refractivity contribution in [3.05, 3.63) is 34.9 Å².